The molecule has 13 heavy (non-hydrogen) atoms. The van der Waals surface area contributed by atoms with E-state index >= 15 is 0 Å². The maximum atomic E-state index is 12.9. The first-order chi connectivity index (χ1) is 6.19. The van der Waals surface area contributed by atoms with Gasteiger partial charge in [-0.2, -0.15) is 4.39 Å². The first-order valence-electron chi connectivity index (χ1n) is 3.96. The molecule has 0 aliphatic heterocycles. The smallest absolute Gasteiger partial charge is 0.200 e. The summed E-state index contributed by atoms with van der Waals surface area (Å²) in [4.78, 5) is 0. The molecule has 0 bridgehead atoms. The molecule has 0 radical (unpaired) electrons. The molecular formula is C9H11F2NO. The molecule has 1 aromatic carbocycles. The van der Waals surface area contributed by atoms with Crippen LogP contribution in [0.3, 0.4) is 0 Å². The number of hydrogen-bond acceptors (Lipinski definition) is 2. The number of ether oxygens (including phenoxy) is 1. The molecule has 0 atom stereocenters. The van der Waals surface area contributed by atoms with E-state index in [9.17, 15) is 8.78 Å². The molecule has 72 valence electrons. The van der Waals surface area contributed by atoms with E-state index in [4.69, 9.17) is 0 Å². The molecule has 4 heteroatoms. The highest BCUT2D eigenvalue weighted by molar-refractivity contribution is 5.49. The Morgan fingerprint density at radius 2 is 2.08 bits per heavy atom. The number of methoxy groups -OCH3 is 1. The molecule has 0 aromatic heterocycles. The Morgan fingerprint density at radius 1 is 1.38 bits per heavy atom. The Kier molecular flexibility index (Phi) is 3.06. The van der Waals surface area contributed by atoms with Crippen LogP contribution >= 0.6 is 0 Å². The predicted molar refractivity (Wildman–Crippen MR) is 47.1 cm³/mol. The zero-order valence-electron chi connectivity index (χ0n) is 7.53. The maximum absolute atomic E-state index is 12.9. The Labute approximate surface area is 75.5 Å². The van der Waals surface area contributed by atoms with E-state index in [1.165, 1.54) is 13.2 Å². The van der Waals surface area contributed by atoms with Crippen molar-refractivity contribution in [3.63, 3.8) is 0 Å². The molecule has 1 N–H and O–H groups in total. The van der Waals surface area contributed by atoms with Crippen LogP contribution in [0.4, 0.5) is 14.5 Å². The molecule has 0 aliphatic carbocycles. The van der Waals surface area contributed by atoms with E-state index < -0.39 is 11.6 Å². The van der Waals surface area contributed by atoms with Gasteiger partial charge < -0.3 is 10.1 Å². The topological polar surface area (TPSA) is 21.3 Å². The minimum Gasteiger partial charge on any atom is -0.493 e. The minimum absolute atomic E-state index is 0.0871. The summed E-state index contributed by atoms with van der Waals surface area (Å²) >= 11 is 0. The van der Waals surface area contributed by atoms with Crippen LogP contribution < -0.4 is 10.1 Å². The highest BCUT2D eigenvalue weighted by Crippen LogP contribution is 2.24. The van der Waals surface area contributed by atoms with Crippen LogP contribution in [-0.2, 0) is 0 Å². The van der Waals surface area contributed by atoms with E-state index in [1.807, 2.05) is 6.92 Å². The van der Waals surface area contributed by atoms with Gasteiger partial charge in [-0.25, -0.2) is 4.39 Å². The number of halogens is 2. The van der Waals surface area contributed by atoms with Gasteiger partial charge in [-0.1, -0.05) is 0 Å². The summed E-state index contributed by atoms with van der Waals surface area (Å²) in [5.74, 6) is -1.95. The molecule has 0 saturated heterocycles. The summed E-state index contributed by atoms with van der Waals surface area (Å²) in [6.45, 7) is 2.52. The SMILES string of the molecule is CCNc1cc(F)c(F)c(OC)c1. The minimum atomic E-state index is -0.954. The molecule has 0 unspecified atom stereocenters. The highest BCUT2D eigenvalue weighted by atomic mass is 19.2. The van der Waals surface area contributed by atoms with Crippen LogP contribution in [0.5, 0.6) is 5.75 Å². The van der Waals surface area contributed by atoms with Gasteiger partial charge >= 0.3 is 0 Å². The van der Waals surface area contributed by atoms with Gasteiger partial charge in [0.2, 0.25) is 5.82 Å². The van der Waals surface area contributed by atoms with E-state index in [1.54, 1.807) is 0 Å². The normalized spacial score (nSPS) is 9.85. The van der Waals surface area contributed by atoms with Gasteiger partial charge in [0.25, 0.3) is 0 Å². The summed E-state index contributed by atoms with van der Waals surface area (Å²) in [6, 6.07) is 2.52. The van der Waals surface area contributed by atoms with Crippen molar-refractivity contribution in [1.82, 2.24) is 0 Å². The first kappa shape index (κ1) is 9.77. The quantitative estimate of drug-likeness (QED) is 0.784. The summed E-state index contributed by atoms with van der Waals surface area (Å²) in [5.41, 5.74) is 0.512. The van der Waals surface area contributed by atoms with Crippen LogP contribution in [0.1, 0.15) is 6.92 Å². The first-order valence-corrected chi connectivity index (χ1v) is 3.96. The standard InChI is InChI=1S/C9H11F2NO/c1-3-12-6-4-7(10)9(11)8(5-6)13-2/h4-5,12H,3H2,1-2H3. The van der Waals surface area contributed by atoms with Crippen LogP contribution in [0.25, 0.3) is 0 Å². The van der Waals surface area contributed by atoms with Crippen molar-refractivity contribution >= 4 is 5.69 Å². The molecular weight excluding hydrogens is 176 g/mol. The van der Waals surface area contributed by atoms with Crippen molar-refractivity contribution < 1.29 is 13.5 Å². The molecule has 0 heterocycles. The van der Waals surface area contributed by atoms with Gasteiger partial charge in [-0.15, -0.1) is 0 Å². The number of benzene rings is 1. The fraction of sp³-hybridized carbons (Fsp3) is 0.333. The third kappa shape index (κ3) is 2.08. The van der Waals surface area contributed by atoms with E-state index in [0.717, 1.165) is 6.07 Å². The van der Waals surface area contributed by atoms with E-state index in [0.29, 0.717) is 12.2 Å². The Hall–Kier alpha value is -1.32. The monoisotopic (exact) mass is 187 g/mol. The van der Waals surface area contributed by atoms with E-state index in [2.05, 4.69) is 10.1 Å². The number of hydrogen-bond donors (Lipinski definition) is 1. The van der Waals surface area contributed by atoms with Gasteiger partial charge in [0.1, 0.15) is 0 Å². The lowest BCUT2D eigenvalue weighted by atomic mass is 10.2. The fourth-order valence-electron chi connectivity index (χ4n) is 1.02. The summed E-state index contributed by atoms with van der Waals surface area (Å²) in [7, 11) is 1.30. The lowest BCUT2D eigenvalue weighted by molar-refractivity contribution is 0.372. The predicted octanol–water partition coefficient (Wildman–Crippen LogP) is 2.41. The number of rotatable bonds is 3. The molecule has 0 saturated carbocycles. The highest BCUT2D eigenvalue weighted by Gasteiger charge is 2.10. The molecule has 0 aliphatic rings. The van der Waals surface area contributed by atoms with Crippen molar-refractivity contribution in [2.75, 3.05) is 19.0 Å². The van der Waals surface area contributed by atoms with Crippen molar-refractivity contribution in [2.24, 2.45) is 0 Å². The Bertz CT molecular complexity index is 302. The van der Waals surface area contributed by atoms with Gasteiger partial charge in [0, 0.05) is 24.4 Å². The van der Waals surface area contributed by atoms with Crippen molar-refractivity contribution in [3.8, 4) is 5.75 Å². The van der Waals surface area contributed by atoms with Gasteiger partial charge in [-0.05, 0) is 6.92 Å². The van der Waals surface area contributed by atoms with Gasteiger partial charge in [-0.3, -0.25) is 0 Å². The van der Waals surface area contributed by atoms with Crippen molar-refractivity contribution in [1.29, 1.82) is 0 Å². The van der Waals surface area contributed by atoms with Gasteiger partial charge in [0.15, 0.2) is 11.6 Å². The second-order valence-electron chi connectivity index (χ2n) is 2.50. The van der Waals surface area contributed by atoms with E-state index in [-0.39, 0.29) is 5.75 Å². The molecule has 1 aromatic rings. The number of nitrogens with one attached hydrogen (secondary N) is 1. The van der Waals surface area contributed by atoms with Crippen LogP contribution in [0.2, 0.25) is 0 Å². The number of anilines is 1. The Balaban J connectivity index is 3.06. The lowest BCUT2D eigenvalue weighted by Crippen LogP contribution is -2.00. The lowest BCUT2D eigenvalue weighted by Gasteiger charge is -2.07. The average Bonchev–Trinajstić information content (AvgIpc) is 2.11. The largest absolute Gasteiger partial charge is 0.493 e. The zero-order chi connectivity index (χ0) is 9.84. The van der Waals surface area contributed by atoms with Crippen LogP contribution in [0.15, 0.2) is 12.1 Å². The Morgan fingerprint density at radius 3 is 2.62 bits per heavy atom. The van der Waals surface area contributed by atoms with Crippen molar-refractivity contribution in [3.05, 3.63) is 23.8 Å². The molecule has 1 rings (SSSR count). The molecule has 2 nitrogen and oxygen atoms in total. The molecule has 0 amide bonds. The molecule has 0 spiro atoms. The van der Waals surface area contributed by atoms with Crippen LogP contribution in [-0.4, -0.2) is 13.7 Å². The summed E-state index contributed by atoms with van der Waals surface area (Å²) in [5, 5.41) is 2.86. The van der Waals surface area contributed by atoms with Crippen molar-refractivity contribution in [2.45, 2.75) is 6.92 Å². The molecule has 0 fully saturated rings. The van der Waals surface area contributed by atoms with Crippen LogP contribution in [0, 0.1) is 11.6 Å². The second kappa shape index (κ2) is 4.07. The summed E-state index contributed by atoms with van der Waals surface area (Å²) in [6.07, 6.45) is 0. The third-order valence-electron chi connectivity index (χ3n) is 1.60. The fourth-order valence-corrected chi connectivity index (χ4v) is 1.02. The second-order valence-corrected chi connectivity index (χ2v) is 2.50. The van der Waals surface area contributed by atoms with Gasteiger partial charge in [0.05, 0.1) is 7.11 Å². The average molecular weight is 187 g/mol. The third-order valence-corrected chi connectivity index (χ3v) is 1.60. The maximum Gasteiger partial charge on any atom is 0.200 e. The summed E-state index contributed by atoms with van der Waals surface area (Å²) < 4.78 is 30.4. The zero-order valence-corrected chi connectivity index (χ0v) is 7.53.